The van der Waals surface area contributed by atoms with Crippen molar-refractivity contribution in [3.8, 4) is 0 Å². The first-order valence-corrected chi connectivity index (χ1v) is 6.02. The van der Waals surface area contributed by atoms with Crippen LogP contribution in [0.2, 0.25) is 0 Å². The van der Waals surface area contributed by atoms with E-state index in [1.165, 1.54) is 0 Å². The molecule has 4 N–H and O–H groups in total. The van der Waals surface area contributed by atoms with Gasteiger partial charge in [-0.25, -0.2) is 4.98 Å². The Hall–Kier alpha value is -1.13. The molecule has 0 bridgehead atoms. The van der Waals surface area contributed by atoms with Gasteiger partial charge in [0.25, 0.3) is 0 Å². The van der Waals surface area contributed by atoms with E-state index in [2.05, 4.69) is 24.1 Å². The van der Waals surface area contributed by atoms with Crippen molar-refractivity contribution in [1.29, 1.82) is 0 Å². The summed E-state index contributed by atoms with van der Waals surface area (Å²) in [6, 6.07) is 2.29. The van der Waals surface area contributed by atoms with Crippen molar-refractivity contribution in [3.05, 3.63) is 23.4 Å². The predicted molar refractivity (Wildman–Crippen MR) is 70.7 cm³/mol. The first kappa shape index (κ1) is 13.9. The first-order valence-electron chi connectivity index (χ1n) is 6.02. The van der Waals surface area contributed by atoms with Crippen LogP contribution in [0, 0.1) is 6.92 Å². The van der Waals surface area contributed by atoms with Gasteiger partial charge in [-0.2, -0.15) is 0 Å². The Kier molecular flexibility index (Phi) is 4.48. The summed E-state index contributed by atoms with van der Waals surface area (Å²) in [5, 5.41) is 13.8. The van der Waals surface area contributed by atoms with Gasteiger partial charge in [-0.1, -0.05) is 13.8 Å². The van der Waals surface area contributed by atoms with Gasteiger partial charge in [0.15, 0.2) is 0 Å². The minimum absolute atomic E-state index is 0.415. The Morgan fingerprint density at radius 1 is 1.53 bits per heavy atom. The van der Waals surface area contributed by atoms with Crippen molar-refractivity contribution >= 4 is 5.82 Å². The second kappa shape index (κ2) is 5.47. The van der Waals surface area contributed by atoms with Crippen LogP contribution in [0.15, 0.2) is 12.3 Å². The summed E-state index contributed by atoms with van der Waals surface area (Å²) in [6.07, 6.45) is 2.28. The Balaban J connectivity index is 2.82. The molecule has 1 rings (SSSR count). The van der Waals surface area contributed by atoms with Crippen LogP contribution >= 0.6 is 0 Å². The number of nitrogens with zero attached hydrogens (tertiary/aromatic N) is 1. The van der Waals surface area contributed by atoms with E-state index in [-0.39, 0.29) is 0 Å². The fourth-order valence-corrected chi connectivity index (χ4v) is 2.01. The third-order valence-corrected chi connectivity index (χ3v) is 2.89. The van der Waals surface area contributed by atoms with Crippen LogP contribution in [0.25, 0.3) is 0 Å². The summed E-state index contributed by atoms with van der Waals surface area (Å²) in [5.41, 5.74) is 6.63. The van der Waals surface area contributed by atoms with E-state index in [0.29, 0.717) is 18.3 Å². The minimum atomic E-state index is -0.940. The van der Waals surface area contributed by atoms with Gasteiger partial charge in [-0.05, 0) is 38.4 Å². The number of aliphatic hydroxyl groups is 1. The molecule has 0 amide bonds. The lowest BCUT2D eigenvalue weighted by Gasteiger charge is -2.27. The molecule has 0 radical (unpaired) electrons. The van der Waals surface area contributed by atoms with Gasteiger partial charge in [0.05, 0.1) is 5.60 Å². The highest BCUT2D eigenvalue weighted by atomic mass is 16.3. The van der Waals surface area contributed by atoms with Crippen LogP contribution in [-0.2, 0) is 5.60 Å². The van der Waals surface area contributed by atoms with Gasteiger partial charge in [0, 0.05) is 17.8 Å². The zero-order valence-electron chi connectivity index (χ0n) is 11.1. The normalized spacial score (nSPS) is 14.9. The Morgan fingerprint density at radius 3 is 2.71 bits per heavy atom. The van der Waals surface area contributed by atoms with Crippen molar-refractivity contribution in [2.45, 2.75) is 45.8 Å². The molecule has 0 fully saturated rings. The molecule has 4 nitrogen and oxygen atoms in total. The monoisotopic (exact) mass is 237 g/mol. The number of rotatable bonds is 5. The third-order valence-electron chi connectivity index (χ3n) is 2.89. The molecular weight excluding hydrogens is 214 g/mol. The average molecular weight is 237 g/mol. The molecule has 1 aromatic rings. The molecule has 0 aliphatic carbocycles. The van der Waals surface area contributed by atoms with E-state index in [1.807, 2.05) is 13.0 Å². The van der Waals surface area contributed by atoms with Crippen LogP contribution in [0.3, 0.4) is 0 Å². The number of anilines is 1. The lowest BCUT2D eigenvalue weighted by molar-refractivity contribution is 0.0474. The number of hydrogen-bond donors (Lipinski definition) is 3. The molecule has 0 saturated carbocycles. The van der Waals surface area contributed by atoms with E-state index in [0.717, 1.165) is 17.7 Å². The standard InChI is InChI=1S/C13H23N3O/c1-9(2)15-8-6-13(4,17)11-10(3)5-7-16-12(11)14/h5,7,9,15,17H,6,8H2,1-4H3,(H2,14,16). The van der Waals surface area contributed by atoms with E-state index in [1.54, 1.807) is 13.1 Å². The van der Waals surface area contributed by atoms with E-state index >= 15 is 0 Å². The summed E-state index contributed by atoms with van der Waals surface area (Å²) < 4.78 is 0. The molecule has 1 atom stereocenters. The first-order chi connectivity index (χ1) is 7.84. The molecule has 1 heterocycles. The molecule has 17 heavy (non-hydrogen) atoms. The number of nitrogens with one attached hydrogen (secondary N) is 1. The van der Waals surface area contributed by atoms with Crippen LogP contribution < -0.4 is 11.1 Å². The second-order valence-corrected chi connectivity index (χ2v) is 5.02. The lowest BCUT2D eigenvalue weighted by Crippen LogP contribution is -2.32. The van der Waals surface area contributed by atoms with Crippen molar-refractivity contribution < 1.29 is 5.11 Å². The number of nitrogens with two attached hydrogens (primary N) is 1. The number of aryl methyl sites for hydroxylation is 1. The molecule has 0 aliphatic rings. The van der Waals surface area contributed by atoms with Crippen LogP contribution in [0.4, 0.5) is 5.82 Å². The van der Waals surface area contributed by atoms with Gasteiger partial charge >= 0.3 is 0 Å². The van der Waals surface area contributed by atoms with Crippen molar-refractivity contribution in [1.82, 2.24) is 10.3 Å². The van der Waals surface area contributed by atoms with Gasteiger partial charge in [0.1, 0.15) is 5.82 Å². The molecule has 0 saturated heterocycles. The Labute approximate surface area is 103 Å². The van der Waals surface area contributed by atoms with E-state index in [9.17, 15) is 5.11 Å². The molecule has 4 heteroatoms. The SMILES string of the molecule is Cc1ccnc(N)c1C(C)(O)CCNC(C)C. The average Bonchev–Trinajstić information content (AvgIpc) is 2.15. The molecule has 1 aromatic heterocycles. The van der Waals surface area contributed by atoms with Crippen LogP contribution in [0.5, 0.6) is 0 Å². The summed E-state index contributed by atoms with van der Waals surface area (Å²) in [7, 11) is 0. The largest absolute Gasteiger partial charge is 0.385 e. The molecule has 0 aromatic carbocycles. The fourth-order valence-electron chi connectivity index (χ4n) is 2.01. The number of pyridine rings is 1. The van der Waals surface area contributed by atoms with Crippen LogP contribution in [0.1, 0.15) is 38.3 Å². The zero-order chi connectivity index (χ0) is 13.1. The predicted octanol–water partition coefficient (Wildman–Crippen LogP) is 1.57. The molecule has 0 spiro atoms. The summed E-state index contributed by atoms with van der Waals surface area (Å²) in [5.74, 6) is 0.416. The van der Waals surface area contributed by atoms with Crippen molar-refractivity contribution in [2.75, 3.05) is 12.3 Å². The summed E-state index contributed by atoms with van der Waals surface area (Å²) >= 11 is 0. The van der Waals surface area contributed by atoms with Crippen LogP contribution in [-0.4, -0.2) is 22.7 Å². The van der Waals surface area contributed by atoms with Crippen molar-refractivity contribution in [3.63, 3.8) is 0 Å². The number of aromatic nitrogens is 1. The van der Waals surface area contributed by atoms with Gasteiger partial charge < -0.3 is 16.2 Å². The van der Waals surface area contributed by atoms with E-state index in [4.69, 9.17) is 5.73 Å². The highest BCUT2D eigenvalue weighted by molar-refractivity contribution is 5.47. The topological polar surface area (TPSA) is 71.2 Å². The van der Waals surface area contributed by atoms with Gasteiger partial charge in [-0.3, -0.25) is 0 Å². The molecule has 96 valence electrons. The third kappa shape index (κ3) is 3.68. The lowest BCUT2D eigenvalue weighted by atomic mass is 9.89. The zero-order valence-corrected chi connectivity index (χ0v) is 11.1. The number of nitrogen functional groups attached to an aromatic ring is 1. The summed E-state index contributed by atoms with van der Waals surface area (Å²) in [4.78, 5) is 4.05. The molecular formula is C13H23N3O. The number of hydrogen-bond acceptors (Lipinski definition) is 4. The highest BCUT2D eigenvalue weighted by Crippen LogP contribution is 2.30. The smallest absolute Gasteiger partial charge is 0.129 e. The summed E-state index contributed by atoms with van der Waals surface area (Å²) in [6.45, 7) is 8.64. The Bertz CT molecular complexity index is 355. The van der Waals surface area contributed by atoms with Crippen molar-refractivity contribution in [2.24, 2.45) is 0 Å². The minimum Gasteiger partial charge on any atom is -0.385 e. The second-order valence-electron chi connectivity index (χ2n) is 5.02. The molecule has 0 aliphatic heterocycles. The van der Waals surface area contributed by atoms with Gasteiger partial charge in [0.2, 0.25) is 0 Å². The maximum atomic E-state index is 10.5. The van der Waals surface area contributed by atoms with E-state index < -0.39 is 5.60 Å². The maximum Gasteiger partial charge on any atom is 0.129 e. The van der Waals surface area contributed by atoms with Gasteiger partial charge in [-0.15, -0.1) is 0 Å². The highest BCUT2D eigenvalue weighted by Gasteiger charge is 2.27. The quantitative estimate of drug-likeness (QED) is 0.727. The Morgan fingerprint density at radius 2 is 2.18 bits per heavy atom. The molecule has 1 unspecified atom stereocenters. The fraction of sp³-hybridized carbons (Fsp3) is 0.615. The maximum absolute atomic E-state index is 10.5.